The Morgan fingerprint density at radius 3 is 2.46 bits per heavy atom. The Kier molecular flexibility index (Phi) is 5.73. The van der Waals surface area contributed by atoms with Crippen molar-refractivity contribution in [1.82, 2.24) is 0 Å². The second-order valence-corrected chi connectivity index (χ2v) is 7.63. The molecule has 1 saturated heterocycles. The summed E-state index contributed by atoms with van der Waals surface area (Å²) in [5.41, 5.74) is -3.22. The molecule has 0 unspecified atom stereocenters. The lowest BCUT2D eigenvalue weighted by molar-refractivity contribution is -0.351. The van der Waals surface area contributed by atoms with Gasteiger partial charge < -0.3 is 49.6 Å². The molecular weight excluding hydrogens is 380 g/mol. The first-order chi connectivity index (χ1) is 13.0. The zero-order valence-electron chi connectivity index (χ0n) is 15.4. The van der Waals surface area contributed by atoms with E-state index in [-0.39, 0.29) is 6.42 Å². The summed E-state index contributed by atoms with van der Waals surface area (Å²) in [6.45, 7) is 2.04. The van der Waals surface area contributed by atoms with E-state index in [1.807, 2.05) is 0 Å². The van der Waals surface area contributed by atoms with E-state index in [0.29, 0.717) is 0 Å². The molecule has 2 heterocycles. The third kappa shape index (κ3) is 3.42. The van der Waals surface area contributed by atoms with Gasteiger partial charge in [0.2, 0.25) is 6.29 Å². The molecule has 0 aromatic rings. The Morgan fingerprint density at radius 2 is 1.86 bits per heavy atom. The van der Waals surface area contributed by atoms with E-state index < -0.39 is 72.8 Å². The predicted molar refractivity (Wildman–Crippen MR) is 88.1 cm³/mol. The fourth-order valence-electron chi connectivity index (χ4n) is 4.25. The number of carbonyl (C=O) groups is 1. The van der Waals surface area contributed by atoms with Gasteiger partial charge in [-0.1, -0.05) is 0 Å². The molecule has 1 aliphatic carbocycles. The van der Waals surface area contributed by atoms with Gasteiger partial charge in [0.1, 0.15) is 35.6 Å². The first-order valence-corrected chi connectivity index (χ1v) is 8.92. The maximum Gasteiger partial charge on any atom is 0.303 e. The summed E-state index contributed by atoms with van der Waals surface area (Å²) in [7, 11) is 0. The highest BCUT2D eigenvalue weighted by atomic mass is 16.8. The normalized spacial score (nSPS) is 50.7. The van der Waals surface area contributed by atoms with Gasteiger partial charge >= 0.3 is 5.97 Å². The smallest absolute Gasteiger partial charge is 0.303 e. The van der Waals surface area contributed by atoms with Gasteiger partial charge in [0.05, 0.1) is 24.9 Å². The quantitative estimate of drug-likeness (QED) is 0.264. The third-order valence-electron chi connectivity index (χ3n) is 5.60. The number of aliphatic hydroxyl groups excluding tert-OH is 5. The van der Waals surface area contributed by atoms with Gasteiger partial charge in [0, 0.05) is 13.3 Å². The van der Waals surface area contributed by atoms with Crippen molar-refractivity contribution in [3.63, 3.8) is 0 Å². The van der Waals surface area contributed by atoms with Crippen LogP contribution in [0.3, 0.4) is 0 Å². The number of ether oxygens (including phenoxy) is 4. The van der Waals surface area contributed by atoms with Crippen LogP contribution in [0.4, 0.5) is 0 Å². The summed E-state index contributed by atoms with van der Waals surface area (Å²) in [5, 5.41) is 60.6. The lowest BCUT2D eigenvalue weighted by Gasteiger charge is -2.45. The molecule has 2 aliphatic heterocycles. The molecule has 3 rings (SSSR count). The minimum absolute atomic E-state index is 0.101. The lowest BCUT2D eigenvalue weighted by Crippen LogP contribution is -2.62. The standard InChI is InChI=1S/C17H26O11/c1-7(19)28-16(2)5-9(20)17(24)3-4-25-15(13(16)17)27-14-12(23)11(22)10(21)8(6-18)26-14/h3-4,8-15,18,20-24H,5-6H2,1-2H3/t8-,9-,10-,11+,12-,13+,14+,15-,16-,17+/m0/s1. The van der Waals surface area contributed by atoms with Crippen molar-refractivity contribution in [2.24, 2.45) is 5.92 Å². The lowest BCUT2D eigenvalue weighted by atomic mass is 9.81. The van der Waals surface area contributed by atoms with E-state index in [2.05, 4.69) is 0 Å². The van der Waals surface area contributed by atoms with Crippen LogP contribution in [0.25, 0.3) is 0 Å². The van der Waals surface area contributed by atoms with E-state index in [4.69, 9.17) is 18.9 Å². The second kappa shape index (κ2) is 7.50. The average Bonchev–Trinajstić information content (AvgIpc) is 2.81. The van der Waals surface area contributed by atoms with Gasteiger partial charge in [-0.15, -0.1) is 0 Å². The fourth-order valence-corrected chi connectivity index (χ4v) is 4.25. The molecule has 11 nitrogen and oxygen atoms in total. The molecule has 0 bridgehead atoms. The van der Waals surface area contributed by atoms with Crippen molar-refractivity contribution < 1.29 is 54.4 Å². The molecule has 1 saturated carbocycles. The van der Waals surface area contributed by atoms with Crippen LogP contribution in [0.15, 0.2) is 12.3 Å². The van der Waals surface area contributed by atoms with Gasteiger partial charge in [-0.05, 0) is 13.0 Å². The van der Waals surface area contributed by atoms with Crippen molar-refractivity contribution >= 4 is 5.97 Å². The Morgan fingerprint density at radius 1 is 1.18 bits per heavy atom. The monoisotopic (exact) mass is 406 g/mol. The van der Waals surface area contributed by atoms with Crippen LogP contribution >= 0.6 is 0 Å². The minimum atomic E-state index is -1.85. The van der Waals surface area contributed by atoms with Crippen LogP contribution in [-0.4, -0.2) is 97.5 Å². The SMILES string of the molecule is CC(=O)O[C@@]1(C)C[C@H](O)[C@]2(O)C=CO[C@@H](O[C@H]3O[C@@H](CO)[C@H](O)[C@@H](O)[C@@H]3O)[C@@H]21. The van der Waals surface area contributed by atoms with Crippen molar-refractivity contribution in [2.45, 2.75) is 74.6 Å². The van der Waals surface area contributed by atoms with Gasteiger partial charge in [-0.3, -0.25) is 4.79 Å². The molecule has 0 aromatic carbocycles. The molecule has 28 heavy (non-hydrogen) atoms. The molecule has 2 fully saturated rings. The van der Waals surface area contributed by atoms with Crippen LogP contribution in [0, 0.1) is 5.92 Å². The highest BCUT2D eigenvalue weighted by Gasteiger charge is 2.66. The van der Waals surface area contributed by atoms with Crippen molar-refractivity contribution in [1.29, 1.82) is 0 Å². The average molecular weight is 406 g/mol. The number of esters is 1. The maximum absolute atomic E-state index is 11.6. The van der Waals surface area contributed by atoms with Crippen LogP contribution in [-0.2, 0) is 23.7 Å². The molecular formula is C17H26O11. The van der Waals surface area contributed by atoms with E-state index in [1.165, 1.54) is 19.9 Å². The van der Waals surface area contributed by atoms with Crippen molar-refractivity contribution in [3.05, 3.63) is 12.3 Å². The molecule has 0 aromatic heterocycles. The van der Waals surface area contributed by atoms with Gasteiger partial charge in [-0.2, -0.15) is 0 Å². The predicted octanol–water partition coefficient (Wildman–Crippen LogP) is -2.89. The van der Waals surface area contributed by atoms with Crippen LogP contribution in [0.2, 0.25) is 0 Å². The van der Waals surface area contributed by atoms with Gasteiger partial charge in [-0.25, -0.2) is 0 Å². The Balaban J connectivity index is 1.87. The highest BCUT2D eigenvalue weighted by Crippen LogP contribution is 2.51. The molecule has 160 valence electrons. The Hall–Kier alpha value is -1.31. The van der Waals surface area contributed by atoms with Crippen molar-refractivity contribution in [3.8, 4) is 0 Å². The molecule has 0 amide bonds. The van der Waals surface area contributed by atoms with Crippen molar-refractivity contribution in [2.75, 3.05) is 6.61 Å². The first-order valence-electron chi connectivity index (χ1n) is 8.92. The number of hydrogen-bond acceptors (Lipinski definition) is 11. The number of rotatable bonds is 4. The zero-order chi connectivity index (χ0) is 20.9. The number of fused-ring (bicyclic) bond motifs is 1. The zero-order valence-corrected chi connectivity index (χ0v) is 15.4. The van der Waals surface area contributed by atoms with Gasteiger partial charge in [0.25, 0.3) is 0 Å². The number of carbonyl (C=O) groups excluding carboxylic acids is 1. The fraction of sp³-hybridized carbons (Fsp3) is 0.824. The molecule has 3 aliphatic rings. The second-order valence-electron chi connectivity index (χ2n) is 7.63. The summed E-state index contributed by atoms with van der Waals surface area (Å²) in [4.78, 5) is 11.6. The first kappa shape index (κ1) is 21.4. The van der Waals surface area contributed by atoms with E-state index in [1.54, 1.807) is 0 Å². The highest BCUT2D eigenvalue weighted by molar-refractivity contribution is 5.66. The van der Waals surface area contributed by atoms with Crippen LogP contribution in [0.5, 0.6) is 0 Å². The van der Waals surface area contributed by atoms with E-state index >= 15 is 0 Å². The molecule has 0 spiro atoms. The third-order valence-corrected chi connectivity index (χ3v) is 5.60. The summed E-state index contributed by atoms with van der Waals surface area (Å²) in [6.07, 6.45) is -8.06. The molecule has 11 heteroatoms. The topological polar surface area (TPSA) is 175 Å². The van der Waals surface area contributed by atoms with Gasteiger partial charge in [0.15, 0.2) is 6.29 Å². The van der Waals surface area contributed by atoms with Crippen LogP contribution < -0.4 is 0 Å². The molecule has 6 N–H and O–H groups in total. The largest absolute Gasteiger partial charge is 0.472 e. The van der Waals surface area contributed by atoms with Crippen LogP contribution in [0.1, 0.15) is 20.3 Å². The summed E-state index contributed by atoms with van der Waals surface area (Å²) in [5.74, 6) is -1.74. The Labute approximate surface area is 160 Å². The van der Waals surface area contributed by atoms with E-state index in [9.17, 15) is 35.4 Å². The summed E-state index contributed by atoms with van der Waals surface area (Å²) in [6, 6.07) is 0. The maximum atomic E-state index is 11.6. The van der Waals surface area contributed by atoms with E-state index in [0.717, 1.165) is 6.26 Å². The number of aliphatic hydroxyl groups is 6. The molecule has 10 atom stereocenters. The summed E-state index contributed by atoms with van der Waals surface area (Å²) >= 11 is 0. The summed E-state index contributed by atoms with van der Waals surface area (Å²) < 4.78 is 21.7. The number of hydrogen-bond donors (Lipinski definition) is 6. The Bertz CT molecular complexity index is 624. The molecule has 0 radical (unpaired) electrons. The minimum Gasteiger partial charge on any atom is -0.472 e.